The predicted molar refractivity (Wildman–Crippen MR) is 84.4 cm³/mol. The highest BCUT2D eigenvalue weighted by atomic mass is 16.5. The van der Waals surface area contributed by atoms with Gasteiger partial charge in [0.15, 0.2) is 11.5 Å². The van der Waals surface area contributed by atoms with Crippen LogP contribution in [0, 0.1) is 0 Å². The van der Waals surface area contributed by atoms with Gasteiger partial charge in [-0.05, 0) is 30.5 Å². The lowest BCUT2D eigenvalue weighted by molar-refractivity contribution is 0.196. The van der Waals surface area contributed by atoms with Crippen molar-refractivity contribution in [2.45, 2.75) is 31.1 Å². The van der Waals surface area contributed by atoms with E-state index in [1.54, 1.807) is 21.3 Å². The van der Waals surface area contributed by atoms with Crippen LogP contribution in [0.25, 0.3) is 0 Å². The highest BCUT2D eigenvalue weighted by Gasteiger charge is 2.35. The minimum Gasteiger partial charge on any atom is -0.493 e. The van der Waals surface area contributed by atoms with Gasteiger partial charge in [0.25, 0.3) is 0 Å². The summed E-state index contributed by atoms with van der Waals surface area (Å²) in [5, 5.41) is 3.54. The van der Waals surface area contributed by atoms with Crippen molar-refractivity contribution in [3.63, 3.8) is 0 Å². The van der Waals surface area contributed by atoms with Crippen LogP contribution in [0.3, 0.4) is 0 Å². The molecule has 0 saturated heterocycles. The molecule has 4 heteroatoms. The van der Waals surface area contributed by atoms with Gasteiger partial charge in [0.2, 0.25) is 0 Å². The van der Waals surface area contributed by atoms with Crippen molar-refractivity contribution in [3.8, 4) is 11.5 Å². The van der Waals surface area contributed by atoms with E-state index in [0.29, 0.717) is 0 Å². The molecule has 1 saturated carbocycles. The Morgan fingerprint density at radius 1 is 1.05 bits per heavy atom. The molecule has 118 valence electrons. The van der Waals surface area contributed by atoms with Crippen LogP contribution < -0.4 is 14.8 Å². The SMILES string of the molecule is COCCNCC1(c2ccc(OC)c(OC)c2)CCCC1. The van der Waals surface area contributed by atoms with Gasteiger partial charge in [0.05, 0.1) is 20.8 Å². The van der Waals surface area contributed by atoms with Crippen LogP contribution in [0.5, 0.6) is 11.5 Å². The van der Waals surface area contributed by atoms with Gasteiger partial charge in [-0.2, -0.15) is 0 Å². The van der Waals surface area contributed by atoms with Crippen molar-refractivity contribution in [2.24, 2.45) is 0 Å². The lowest BCUT2D eigenvalue weighted by Crippen LogP contribution is -2.37. The summed E-state index contributed by atoms with van der Waals surface area (Å²) >= 11 is 0. The quantitative estimate of drug-likeness (QED) is 0.748. The Hall–Kier alpha value is -1.26. The van der Waals surface area contributed by atoms with Crippen LogP contribution in [0.15, 0.2) is 18.2 Å². The molecule has 1 fully saturated rings. The van der Waals surface area contributed by atoms with E-state index in [9.17, 15) is 0 Å². The predicted octanol–water partition coefficient (Wildman–Crippen LogP) is 2.75. The molecular formula is C17H27NO3. The smallest absolute Gasteiger partial charge is 0.161 e. The summed E-state index contributed by atoms with van der Waals surface area (Å²) in [5.74, 6) is 1.61. The molecule has 2 rings (SSSR count). The Labute approximate surface area is 127 Å². The van der Waals surface area contributed by atoms with Crippen molar-refractivity contribution < 1.29 is 14.2 Å². The molecule has 0 heterocycles. The second-order valence-corrected chi connectivity index (χ2v) is 5.73. The van der Waals surface area contributed by atoms with Crippen LogP contribution in [-0.2, 0) is 10.2 Å². The maximum Gasteiger partial charge on any atom is 0.161 e. The molecule has 21 heavy (non-hydrogen) atoms. The molecule has 0 amide bonds. The molecule has 0 spiro atoms. The molecule has 0 radical (unpaired) electrons. The summed E-state index contributed by atoms with van der Waals surface area (Å²) in [6, 6.07) is 6.34. The number of hydrogen-bond acceptors (Lipinski definition) is 4. The average molecular weight is 293 g/mol. The molecule has 0 atom stereocenters. The Kier molecular flexibility index (Phi) is 5.88. The van der Waals surface area contributed by atoms with Gasteiger partial charge in [0.1, 0.15) is 0 Å². The van der Waals surface area contributed by atoms with Crippen molar-refractivity contribution in [3.05, 3.63) is 23.8 Å². The van der Waals surface area contributed by atoms with E-state index in [4.69, 9.17) is 14.2 Å². The van der Waals surface area contributed by atoms with Crippen LogP contribution in [-0.4, -0.2) is 41.0 Å². The van der Waals surface area contributed by atoms with Crippen molar-refractivity contribution in [1.82, 2.24) is 5.32 Å². The maximum atomic E-state index is 5.46. The van der Waals surface area contributed by atoms with E-state index in [1.807, 2.05) is 6.07 Å². The van der Waals surface area contributed by atoms with Gasteiger partial charge in [-0.1, -0.05) is 18.9 Å². The molecule has 1 aliphatic carbocycles. The Bertz CT molecular complexity index is 442. The zero-order valence-corrected chi connectivity index (χ0v) is 13.4. The maximum absolute atomic E-state index is 5.46. The molecule has 0 aliphatic heterocycles. The van der Waals surface area contributed by atoms with E-state index < -0.39 is 0 Å². The topological polar surface area (TPSA) is 39.7 Å². The van der Waals surface area contributed by atoms with E-state index >= 15 is 0 Å². The largest absolute Gasteiger partial charge is 0.493 e. The van der Waals surface area contributed by atoms with Gasteiger partial charge in [0, 0.05) is 25.6 Å². The first-order valence-corrected chi connectivity index (χ1v) is 7.68. The number of benzene rings is 1. The van der Waals surface area contributed by atoms with Crippen molar-refractivity contribution in [2.75, 3.05) is 41.0 Å². The summed E-state index contributed by atoms with van der Waals surface area (Å²) in [7, 11) is 5.11. The third-order valence-corrected chi connectivity index (χ3v) is 4.50. The van der Waals surface area contributed by atoms with Crippen LogP contribution in [0.1, 0.15) is 31.2 Å². The number of methoxy groups -OCH3 is 3. The monoisotopic (exact) mass is 293 g/mol. The Balaban J connectivity index is 2.17. The zero-order chi connectivity index (χ0) is 15.1. The van der Waals surface area contributed by atoms with Gasteiger partial charge < -0.3 is 19.5 Å². The molecule has 0 unspecified atom stereocenters. The second-order valence-electron chi connectivity index (χ2n) is 5.73. The zero-order valence-electron chi connectivity index (χ0n) is 13.4. The van der Waals surface area contributed by atoms with Gasteiger partial charge in [-0.25, -0.2) is 0 Å². The van der Waals surface area contributed by atoms with E-state index in [1.165, 1.54) is 31.2 Å². The number of ether oxygens (including phenoxy) is 3. The Morgan fingerprint density at radius 2 is 1.76 bits per heavy atom. The lowest BCUT2D eigenvalue weighted by atomic mass is 9.78. The number of rotatable bonds is 8. The molecule has 4 nitrogen and oxygen atoms in total. The number of hydrogen-bond donors (Lipinski definition) is 1. The number of nitrogens with one attached hydrogen (secondary N) is 1. The minimum atomic E-state index is 0.216. The summed E-state index contributed by atoms with van der Waals surface area (Å²) in [4.78, 5) is 0. The highest BCUT2D eigenvalue weighted by Crippen LogP contribution is 2.43. The van der Waals surface area contributed by atoms with Crippen molar-refractivity contribution >= 4 is 0 Å². The fraction of sp³-hybridized carbons (Fsp3) is 0.647. The first-order valence-electron chi connectivity index (χ1n) is 7.68. The fourth-order valence-corrected chi connectivity index (χ4v) is 3.29. The van der Waals surface area contributed by atoms with Crippen LogP contribution in [0.4, 0.5) is 0 Å². The average Bonchev–Trinajstić information content (AvgIpc) is 3.01. The van der Waals surface area contributed by atoms with Crippen LogP contribution in [0.2, 0.25) is 0 Å². The van der Waals surface area contributed by atoms with Crippen molar-refractivity contribution in [1.29, 1.82) is 0 Å². The second kappa shape index (κ2) is 7.66. The van der Waals surface area contributed by atoms with Crippen LogP contribution >= 0.6 is 0 Å². The molecule has 0 bridgehead atoms. The van der Waals surface area contributed by atoms with E-state index in [0.717, 1.165) is 31.2 Å². The minimum absolute atomic E-state index is 0.216. The molecule has 1 aromatic rings. The highest BCUT2D eigenvalue weighted by molar-refractivity contribution is 5.45. The summed E-state index contributed by atoms with van der Waals surface area (Å²) < 4.78 is 15.9. The third kappa shape index (κ3) is 3.69. The van der Waals surface area contributed by atoms with E-state index in [-0.39, 0.29) is 5.41 Å². The van der Waals surface area contributed by atoms with Gasteiger partial charge in [-0.15, -0.1) is 0 Å². The first kappa shape index (κ1) is 16.1. The van der Waals surface area contributed by atoms with E-state index in [2.05, 4.69) is 17.4 Å². The standard InChI is InChI=1S/C17H27NO3/c1-19-11-10-18-13-17(8-4-5-9-17)14-6-7-15(20-2)16(12-14)21-3/h6-7,12,18H,4-5,8-11,13H2,1-3H3. The van der Waals surface area contributed by atoms with Gasteiger partial charge >= 0.3 is 0 Å². The third-order valence-electron chi connectivity index (χ3n) is 4.50. The fourth-order valence-electron chi connectivity index (χ4n) is 3.29. The molecule has 1 N–H and O–H groups in total. The summed E-state index contributed by atoms with van der Waals surface area (Å²) in [6.07, 6.45) is 5.03. The molecule has 1 aliphatic rings. The summed E-state index contributed by atoms with van der Waals surface area (Å²) in [6.45, 7) is 2.64. The summed E-state index contributed by atoms with van der Waals surface area (Å²) in [5.41, 5.74) is 1.57. The first-order chi connectivity index (χ1) is 10.3. The normalized spacial score (nSPS) is 16.9. The molecule has 1 aromatic carbocycles. The molecule has 0 aromatic heterocycles. The Morgan fingerprint density at radius 3 is 2.38 bits per heavy atom. The lowest BCUT2D eigenvalue weighted by Gasteiger charge is -2.30. The van der Waals surface area contributed by atoms with Gasteiger partial charge in [-0.3, -0.25) is 0 Å². The molecular weight excluding hydrogens is 266 g/mol.